The Bertz CT molecular complexity index is 200. The number of ether oxygens (including phenoxy) is 1. The SMILES string of the molecule is CCCCCCCOC(=O)C1(N)CCC1. The van der Waals surface area contributed by atoms with Crippen LogP contribution in [-0.2, 0) is 9.53 Å². The lowest BCUT2D eigenvalue weighted by Gasteiger charge is -2.35. The predicted octanol–water partition coefficient (Wildman–Crippen LogP) is 2.38. The van der Waals surface area contributed by atoms with E-state index in [1.807, 2.05) is 0 Å². The molecule has 0 amide bonds. The van der Waals surface area contributed by atoms with Gasteiger partial charge < -0.3 is 10.5 Å². The molecule has 2 N–H and O–H groups in total. The molecule has 88 valence electrons. The third kappa shape index (κ3) is 3.82. The van der Waals surface area contributed by atoms with E-state index < -0.39 is 5.54 Å². The summed E-state index contributed by atoms with van der Waals surface area (Å²) in [5, 5.41) is 0. The molecule has 0 aromatic heterocycles. The maximum Gasteiger partial charge on any atom is 0.326 e. The first-order chi connectivity index (χ1) is 7.19. The molecule has 0 atom stereocenters. The number of rotatable bonds is 7. The molecule has 0 radical (unpaired) electrons. The minimum Gasteiger partial charge on any atom is -0.464 e. The van der Waals surface area contributed by atoms with Crippen molar-refractivity contribution in [3.63, 3.8) is 0 Å². The van der Waals surface area contributed by atoms with Gasteiger partial charge in [0.25, 0.3) is 0 Å². The van der Waals surface area contributed by atoms with E-state index in [2.05, 4.69) is 6.92 Å². The summed E-state index contributed by atoms with van der Waals surface area (Å²) in [5.41, 5.74) is 5.20. The van der Waals surface area contributed by atoms with Crippen LogP contribution >= 0.6 is 0 Å². The molecule has 0 saturated heterocycles. The molecule has 1 fully saturated rings. The number of esters is 1. The predicted molar refractivity (Wildman–Crippen MR) is 60.5 cm³/mol. The van der Waals surface area contributed by atoms with Gasteiger partial charge in [0, 0.05) is 0 Å². The van der Waals surface area contributed by atoms with Crippen molar-refractivity contribution in [2.45, 2.75) is 63.8 Å². The number of hydrogen-bond acceptors (Lipinski definition) is 3. The lowest BCUT2D eigenvalue weighted by Crippen LogP contribution is -2.54. The lowest BCUT2D eigenvalue weighted by molar-refractivity contribution is -0.153. The first-order valence-electron chi connectivity index (χ1n) is 6.15. The van der Waals surface area contributed by atoms with Gasteiger partial charge in [-0.2, -0.15) is 0 Å². The van der Waals surface area contributed by atoms with Gasteiger partial charge >= 0.3 is 5.97 Å². The molecule has 0 heterocycles. The number of carbonyl (C=O) groups excluding carboxylic acids is 1. The van der Waals surface area contributed by atoms with Crippen LogP contribution in [0.4, 0.5) is 0 Å². The van der Waals surface area contributed by atoms with Crippen LogP contribution in [0.2, 0.25) is 0 Å². The Labute approximate surface area is 92.4 Å². The fourth-order valence-electron chi connectivity index (χ4n) is 1.78. The summed E-state index contributed by atoms with van der Waals surface area (Å²) in [7, 11) is 0. The van der Waals surface area contributed by atoms with Crippen molar-refractivity contribution in [2.24, 2.45) is 5.73 Å². The zero-order valence-corrected chi connectivity index (χ0v) is 9.76. The van der Waals surface area contributed by atoms with E-state index in [1.165, 1.54) is 19.3 Å². The van der Waals surface area contributed by atoms with Crippen LogP contribution in [0.25, 0.3) is 0 Å². The molecule has 1 aliphatic rings. The average Bonchev–Trinajstić information content (AvgIpc) is 2.19. The maximum absolute atomic E-state index is 11.5. The Morgan fingerprint density at radius 2 is 1.93 bits per heavy atom. The summed E-state index contributed by atoms with van der Waals surface area (Å²) >= 11 is 0. The second kappa shape index (κ2) is 6.11. The summed E-state index contributed by atoms with van der Waals surface area (Å²) in [5.74, 6) is -0.191. The largest absolute Gasteiger partial charge is 0.464 e. The van der Waals surface area contributed by atoms with E-state index in [-0.39, 0.29) is 5.97 Å². The zero-order valence-electron chi connectivity index (χ0n) is 9.76. The highest BCUT2D eigenvalue weighted by molar-refractivity contribution is 5.81. The van der Waals surface area contributed by atoms with Gasteiger partial charge in [0.1, 0.15) is 5.54 Å². The number of carbonyl (C=O) groups is 1. The Kier molecular flexibility index (Phi) is 5.09. The van der Waals surface area contributed by atoms with Gasteiger partial charge in [-0.05, 0) is 25.7 Å². The van der Waals surface area contributed by atoms with E-state index >= 15 is 0 Å². The van der Waals surface area contributed by atoms with Crippen molar-refractivity contribution >= 4 is 5.97 Å². The summed E-state index contributed by atoms with van der Waals surface area (Å²) in [4.78, 5) is 11.5. The molecule has 0 spiro atoms. The monoisotopic (exact) mass is 213 g/mol. The second-order valence-electron chi connectivity index (χ2n) is 4.56. The van der Waals surface area contributed by atoms with Gasteiger partial charge in [-0.25, -0.2) is 0 Å². The van der Waals surface area contributed by atoms with Crippen LogP contribution in [0.5, 0.6) is 0 Å². The molecule has 3 nitrogen and oxygen atoms in total. The highest BCUT2D eigenvalue weighted by atomic mass is 16.5. The summed E-state index contributed by atoms with van der Waals surface area (Å²) < 4.78 is 5.17. The third-order valence-corrected chi connectivity index (χ3v) is 3.13. The fourth-order valence-corrected chi connectivity index (χ4v) is 1.78. The number of unbranched alkanes of at least 4 members (excludes halogenated alkanes) is 4. The Balaban J connectivity index is 1.97. The second-order valence-corrected chi connectivity index (χ2v) is 4.56. The van der Waals surface area contributed by atoms with Crippen LogP contribution in [0, 0.1) is 0 Å². The highest BCUT2D eigenvalue weighted by Gasteiger charge is 2.41. The molecule has 1 rings (SSSR count). The molecule has 0 bridgehead atoms. The van der Waals surface area contributed by atoms with Crippen LogP contribution in [0.15, 0.2) is 0 Å². The van der Waals surface area contributed by atoms with Gasteiger partial charge in [-0.15, -0.1) is 0 Å². The maximum atomic E-state index is 11.5. The molecule has 0 unspecified atom stereocenters. The molecule has 1 saturated carbocycles. The molecule has 15 heavy (non-hydrogen) atoms. The van der Waals surface area contributed by atoms with Crippen LogP contribution < -0.4 is 5.73 Å². The van der Waals surface area contributed by atoms with Crippen LogP contribution in [0.1, 0.15) is 58.3 Å². The van der Waals surface area contributed by atoms with Crippen molar-refractivity contribution in [1.29, 1.82) is 0 Å². The zero-order chi connectivity index (χ0) is 11.1. The molecule has 0 aromatic rings. The minimum atomic E-state index is -0.635. The molecule has 3 heteroatoms. The Morgan fingerprint density at radius 3 is 2.47 bits per heavy atom. The van der Waals surface area contributed by atoms with Crippen molar-refractivity contribution in [1.82, 2.24) is 0 Å². The van der Waals surface area contributed by atoms with E-state index in [1.54, 1.807) is 0 Å². The van der Waals surface area contributed by atoms with Gasteiger partial charge in [0.15, 0.2) is 0 Å². The topological polar surface area (TPSA) is 52.3 Å². The summed E-state index contributed by atoms with van der Waals surface area (Å²) in [6.07, 6.45) is 8.52. The van der Waals surface area contributed by atoms with Crippen molar-refractivity contribution in [3.05, 3.63) is 0 Å². The molecular formula is C12H23NO2. The molecular weight excluding hydrogens is 190 g/mol. The normalized spacial score (nSPS) is 18.3. The van der Waals surface area contributed by atoms with E-state index in [4.69, 9.17) is 10.5 Å². The molecule has 1 aliphatic carbocycles. The first kappa shape index (κ1) is 12.5. The summed E-state index contributed by atoms with van der Waals surface area (Å²) in [6.45, 7) is 2.73. The van der Waals surface area contributed by atoms with Gasteiger partial charge in [0.2, 0.25) is 0 Å². The average molecular weight is 213 g/mol. The van der Waals surface area contributed by atoms with Gasteiger partial charge in [-0.3, -0.25) is 4.79 Å². The number of hydrogen-bond donors (Lipinski definition) is 1. The Morgan fingerprint density at radius 1 is 1.27 bits per heavy atom. The van der Waals surface area contributed by atoms with Crippen molar-refractivity contribution in [3.8, 4) is 0 Å². The minimum absolute atomic E-state index is 0.191. The van der Waals surface area contributed by atoms with Crippen molar-refractivity contribution in [2.75, 3.05) is 6.61 Å². The Hall–Kier alpha value is -0.570. The van der Waals surface area contributed by atoms with Gasteiger partial charge in [0.05, 0.1) is 6.61 Å². The summed E-state index contributed by atoms with van der Waals surface area (Å²) in [6, 6.07) is 0. The highest BCUT2D eigenvalue weighted by Crippen LogP contribution is 2.30. The van der Waals surface area contributed by atoms with Gasteiger partial charge in [-0.1, -0.05) is 32.6 Å². The van der Waals surface area contributed by atoms with E-state index in [0.717, 1.165) is 32.1 Å². The first-order valence-corrected chi connectivity index (χ1v) is 6.15. The van der Waals surface area contributed by atoms with Crippen LogP contribution in [0.3, 0.4) is 0 Å². The number of nitrogens with two attached hydrogens (primary N) is 1. The smallest absolute Gasteiger partial charge is 0.326 e. The van der Waals surface area contributed by atoms with E-state index in [0.29, 0.717) is 6.61 Å². The van der Waals surface area contributed by atoms with E-state index in [9.17, 15) is 4.79 Å². The third-order valence-electron chi connectivity index (χ3n) is 3.13. The molecule has 0 aliphatic heterocycles. The quantitative estimate of drug-likeness (QED) is 0.522. The molecule has 0 aromatic carbocycles. The van der Waals surface area contributed by atoms with Crippen LogP contribution in [-0.4, -0.2) is 18.1 Å². The lowest BCUT2D eigenvalue weighted by atomic mass is 9.78. The fraction of sp³-hybridized carbons (Fsp3) is 0.917. The van der Waals surface area contributed by atoms with Crippen molar-refractivity contribution < 1.29 is 9.53 Å². The standard InChI is InChI=1S/C12H23NO2/c1-2-3-4-5-6-10-15-11(14)12(13)8-7-9-12/h2-10,13H2,1H3.